The third kappa shape index (κ3) is 1.14. The maximum Gasteiger partial charge on any atom is 0.0303 e. The molecule has 1 aromatic heterocycles. The minimum absolute atomic E-state index is 1.02. The fraction of sp³-hybridized carbons (Fsp3) is 0.444. The van der Waals surface area contributed by atoms with E-state index in [9.17, 15) is 0 Å². The lowest BCUT2D eigenvalue weighted by Gasteiger charge is -2.17. The van der Waals surface area contributed by atoms with Gasteiger partial charge in [0.15, 0.2) is 0 Å². The summed E-state index contributed by atoms with van der Waals surface area (Å²) >= 11 is 0. The van der Waals surface area contributed by atoms with Crippen LogP contribution in [0.1, 0.15) is 16.7 Å². The first kappa shape index (κ1) is 6.80. The SMILES string of the molecule is Cc1cncc2c1CNCC2. The molecule has 0 amide bonds. The summed E-state index contributed by atoms with van der Waals surface area (Å²) in [5.41, 5.74) is 4.18. The topological polar surface area (TPSA) is 24.9 Å². The molecule has 0 fully saturated rings. The van der Waals surface area contributed by atoms with Crippen LogP contribution >= 0.6 is 0 Å². The summed E-state index contributed by atoms with van der Waals surface area (Å²) in [7, 11) is 0. The van der Waals surface area contributed by atoms with Gasteiger partial charge in [0.1, 0.15) is 0 Å². The third-order valence-corrected chi connectivity index (χ3v) is 2.24. The highest BCUT2D eigenvalue weighted by Crippen LogP contribution is 2.15. The lowest BCUT2D eigenvalue weighted by molar-refractivity contribution is 0.637. The molecular formula is C9H12N2. The van der Waals surface area contributed by atoms with Crippen LogP contribution in [-0.2, 0) is 13.0 Å². The molecule has 0 atom stereocenters. The molecule has 1 N–H and O–H groups in total. The number of fused-ring (bicyclic) bond motifs is 1. The molecule has 0 saturated carbocycles. The van der Waals surface area contributed by atoms with Gasteiger partial charge in [-0.15, -0.1) is 0 Å². The Morgan fingerprint density at radius 1 is 1.45 bits per heavy atom. The number of aryl methyl sites for hydroxylation is 1. The van der Waals surface area contributed by atoms with Crippen LogP contribution in [0.4, 0.5) is 0 Å². The van der Waals surface area contributed by atoms with Crippen molar-refractivity contribution in [3.8, 4) is 0 Å². The van der Waals surface area contributed by atoms with Gasteiger partial charge in [-0.05, 0) is 36.6 Å². The van der Waals surface area contributed by atoms with E-state index in [1.807, 2.05) is 12.4 Å². The molecule has 58 valence electrons. The zero-order valence-corrected chi connectivity index (χ0v) is 6.72. The summed E-state index contributed by atoms with van der Waals surface area (Å²) < 4.78 is 0. The number of hydrogen-bond donors (Lipinski definition) is 1. The standard InChI is InChI=1S/C9H12N2/c1-7-4-11-5-8-2-3-10-6-9(7)8/h4-5,10H,2-3,6H2,1H3. The maximum absolute atomic E-state index is 4.17. The van der Waals surface area contributed by atoms with Gasteiger partial charge in [-0.3, -0.25) is 4.98 Å². The van der Waals surface area contributed by atoms with E-state index in [1.165, 1.54) is 16.7 Å². The summed E-state index contributed by atoms with van der Waals surface area (Å²) in [5.74, 6) is 0. The molecule has 2 heterocycles. The number of rotatable bonds is 0. The molecule has 0 unspecified atom stereocenters. The molecule has 0 bridgehead atoms. The molecule has 0 radical (unpaired) electrons. The van der Waals surface area contributed by atoms with E-state index in [0.29, 0.717) is 0 Å². The Morgan fingerprint density at radius 2 is 2.36 bits per heavy atom. The Kier molecular flexibility index (Phi) is 1.62. The first-order valence-corrected chi connectivity index (χ1v) is 4.01. The normalized spacial score (nSPS) is 16.1. The average Bonchev–Trinajstić information content (AvgIpc) is 2.06. The van der Waals surface area contributed by atoms with E-state index in [1.54, 1.807) is 0 Å². The van der Waals surface area contributed by atoms with Gasteiger partial charge < -0.3 is 5.32 Å². The summed E-state index contributed by atoms with van der Waals surface area (Å²) in [6.45, 7) is 4.24. The van der Waals surface area contributed by atoms with Crippen LogP contribution in [0.2, 0.25) is 0 Å². The monoisotopic (exact) mass is 148 g/mol. The second-order valence-corrected chi connectivity index (χ2v) is 3.02. The molecule has 1 aliphatic heterocycles. The molecular weight excluding hydrogens is 136 g/mol. The summed E-state index contributed by atoms with van der Waals surface area (Å²) in [6, 6.07) is 0. The van der Waals surface area contributed by atoms with E-state index in [0.717, 1.165) is 19.5 Å². The van der Waals surface area contributed by atoms with E-state index in [-0.39, 0.29) is 0 Å². The van der Waals surface area contributed by atoms with Crippen LogP contribution in [0.25, 0.3) is 0 Å². The van der Waals surface area contributed by atoms with Crippen molar-refractivity contribution >= 4 is 0 Å². The van der Waals surface area contributed by atoms with Gasteiger partial charge >= 0.3 is 0 Å². The quantitative estimate of drug-likeness (QED) is 0.594. The van der Waals surface area contributed by atoms with Crippen molar-refractivity contribution in [1.29, 1.82) is 0 Å². The van der Waals surface area contributed by atoms with E-state index >= 15 is 0 Å². The number of nitrogens with zero attached hydrogens (tertiary/aromatic N) is 1. The highest BCUT2D eigenvalue weighted by Gasteiger charge is 2.09. The highest BCUT2D eigenvalue weighted by atomic mass is 14.9. The molecule has 1 aliphatic rings. The molecule has 2 heteroatoms. The van der Waals surface area contributed by atoms with Crippen molar-refractivity contribution in [3.05, 3.63) is 29.1 Å². The van der Waals surface area contributed by atoms with Crippen molar-refractivity contribution in [1.82, 2.24) is 10.3 Å². The van der Waals surface area contributed by atoms with Crippen LogP contribution in [-0.4, -0.2) is 11.5 Å². The predicted molar refractivity (Wildman–Crippen MR) is 44.4 cm³/mol. The zero-order valence-electron chi connectivity index (χ0n) is 6.72. The second kappa shape index (κ2) is 2.62. The lowest BCUT2D eigenvalue weighted by atomic mass is 10.0. The number of hydrogen-bond acceptors (Lipinski definition) is 2. The number of pyridine rings is 1. The lowest BCUT2D eigenvalue weighted by Crippen LogP contribution is -2.24. The van der Waals surface area contributed by atoms with Crippen LogP contribution in [0.3, 0.4) is 0 Å². The van der Waals surface area contributed by atoms with Gasteiger partial charge in [-0.2, -0.15) is 0 Å². The largest absolute Gasteiger partial charge is 0.312 e. The van der Waals surface area contributed by atoms with Crippen molar-refractivity contribution in [2.45, 2.75) is 19.9 Å². The number of aromatic nitrogens is 1. The maximum atomic E-state index is 4.17. The van der Waals surface area contributed by atoms with Gasteiger partial charge in [-0.25, -0.2) is 0 Å². The molecule has 0 aromatic carbocycles. The van der Waals surface area contributed by atoms with E-state index < -0.39 is 0 Å². The highest BCUT2D eigenvalue weighted by molar-refractivity contribution is 5.32. The van der Waals surface area contributed by atoms with Crippen molar-refractivity contribution in [3.63, 3.8) is 0 Å². The number of nitrogens with one attached hydrogen (secondary N) is 1. The Labute approximate surface area is 66.7 Å². The first-order chi connectivity index (χ1) is 5.38. The minimum Gasteiger partial charge on any atom is -0.312 e. The fourth-order valence-electron chi connectivity index (χ4n) is 1.55. The summed E-state index contributed by atoms with van der Waals surface area (Å²) in [6.07, 6.45) is 5.05. The fourth-order valence-corrected chi connectivity index (χ4v) is 1.55. The predicted octanol–water partition coefficient (Wildman–Crippen LogP) is 1.04. The van der Waals surface area contributed by atoms with Crippen LogP contribution in [0.5, 0.6) is 0 Å². The Bertz CT molecular complexity index is 268. The van der Waals surface area contributed by atoms with E-state index in [4.69, 9.17) is 0 Å². The Balaban J connectivity index is 2.49. The Morgan fingerprint density at radius 3 is 3.18 bits per heavy atom. The second-order valence-electron chi connectivity index (χ2n) is 3.02. The van der Waals surface area contributed by atoms with Crippen molar-refractivity contribution in [2.75, 3.05) is 6.54 Å². The van der Waals surface area contributed by atoms with Crippen LogP contribution in [0, 0.1) is 6.92 Å². The molecule has 0 spiro atoms. The molecule has 2 nitrogen and oxygen atoms in total. The summed E-state index contributed by atoms with van der Waals surface area (Å²) in [4.78, 5) is 4.17. The van der Waals surface area contributed by atoms with Gasteiger partial charge in [-0.1, -0.05) is 0 Å². The molecule has 0 aliphatic carbocycles. The molecule has 0 saturated heterocycles. The van der Waals surface area contributed by atoms with Gasteiger partial charge in [0.05, 0.1) is 0 Å². The Hall–Kier alpha value is -0.890. The third-order valence-electron chi connectivity index (χ3n) is 2.24. The van der Waals surface area contributed by atoms with E-state index in [2.05, 4.69) is 17.2 Å². The van der Waals surface area contributed by atoms with Crippen molar-refractivity contribution < 1.29 is 0 Å². The molecule has 1 aromatic rings. The average molecular weight is 148 g/mol. The molecule has 11 heavy (non-hydrogen) atoms. The first-order valence-electron chi connectivity index (χ1n) is 4.01. The van der Waals surface area contributed by atoms with Crippen molar-refractivity contribution in [2.24, 2.45) is 0 Å². The van der Waals surface area contributed by atoms with Crippen LogP contribution in [0.15, 0.2) is 12.4 Å². The van der Waals surface area contributed by atoms with Gasteiger partial charge in [0, 0.05) is 18.9 Å². The minimum atomic E-state index is 1.02. The molecule has 2 rings (SSSR count). The smallest absolute Gasteiger partial charge is 0.0303 e. The summed E-state index contributed by atoms with van der Waals surface area (Å²) in [5, 5.41) is 3.35. The zero-order chi connectivity index (χ0) is 7.68. The van der Waals surface area contributed by atoms with Gasteiger partial charge in [0.2, 0.25) is 0 Å². The van der Waals surface area contributed by atoms with Gasteiger partial charge in [0.25, 0.3) is 0 Å². The van der Waals surface area contributed by atoms with Crippen LogP contribution < -0.4 is 5.32 Å².